The van der Waals surface area contributed by atoms with Crippen molar-refractivity contribution in [2.45, 2.75) is 51.6 Å². The Bertz CT molecular complexity index is 336. The van der Waals surface area contributed by atoms with E-state index in [2.05, 4.69) is 12.2 Å². The molecular weight excluding hydrogens is 272 g/mol. The molecule has 122 valence electrons. The van der Waals surface area contributed by atoms with Crippen molar-refractivity contribution in [3.63, 3.8) is 0 Å². The lowest BCUT2D eigenvalue weighted by atomic mass is 9.96. The minimum absolute atomic E-state index is 0.0190. The van der Waals surface area contributed by atoms with Crippen LogP contribution in [0.5, 0.6) is 0 Å². The quantitative estimate of drug-likeness (QED) is 0.673. The molecule has 1 rings (SSSR count). The summed E-state index contributed by atoms with van der Waals surface area (Å²) >= 11 is 0. The first-order chi connectivity index (χ1) is 10.0. The lowest BCUT2D eigenvalue weighted by molar-refractivity contribution is -0.137. The Labute approximate surface area is 126 Å². The van der Waals surface area contributed by atoms with Gasteiger partial charge in [0.25, 0.3) is 0 Å². The number of carboxylic acid groups (broad SMARTS) is 1. The van der Waals surface area contributed by atoms with E-state index < -0.39 is 5.97 Å². The van der Waals surface area contributed by atoms with Gasteiger partial charge in [0, 0.05) is 33.2 Å². The van der Waals surface area contributed by atoms with Gasteiger partial charge in [-0.2, -0.15) is 0 Å². The van der Waals surface area contributed by atoms with E-state index in [0.717, 1.165) is 32.2 Å². The maximum absolute atomic E-state index is 12.0. The van der Waals surface area contributed by atoms with Crippen LogP contribution in [0.25, 0.3) is 0 Å². The fourth-order valence-electron chi connectivity index (χ4n) is 2.59. The number of carbonyl (C=O) groups excluding carboxylic acids is 1. The summed E-state index contributed by atoms with van der Waals surface area (Å²) in [5.74, 6) is -0.247. The Kier molecular flexibility index (Phi) is 8.12. The van der Waals surface area contributed by atoms with E-state index in [1.54, 1.807) is 7.11 Å². The van der Waals surface area contributed by atoms with E-state index in [1.165, 1.54) is 0 Å². The lowest BCUT2D eigenvalue weighted by Crippen LogP contribution is -2.50. The van der Waals surface area contributed by atoms with Crippen LogP contribution in [-0.2, 0) is 9.53 Å². The summed E-state index contributed by atoms with van der Waals surface area (Å²) in [6.07, 6.45) is 4.78. The van der Waals surface area contributed by atoms with Crippen LogP contribution in [0.3, 0.4) is 0 Å². The third-order valence-corrected chi connectivity index (χ3v) is 4.07. The zero-order chi connectivity index (χ0) is 15.7. The average molecular weight is 300 g/mol. The number of nitrogens with one attached hydrogen (secondary N) is 1. The first-order valence-electron chi connectivity index (χ1n) is 7.82. The van der Waals surface area contributed by atoms with Gasteiger partial charge in [-0.05, 0) is 25.2 Å². The highest BCUT2D eigenvalue weighted by Crippen LogP contribution is 2.19. The van der Waals surface area contributed by atoms with Crippen molar-refractivity contribution in [2.75, 3.05) is 26.7 Å². The fraction of sp³-hybridized carbons (Fsp3) is 0.867. The third kappa shape index (κ3) is 6.80. The number of urea groups is 1. The van der Waals surface area contributed by atoms with Gasteiger partial charge in [0.15, 0.2) is 0 Å². The second-order valence-electron chi connectivity index (χ2n) is 5.78. The molecule has 2 atom stereocenters. The second-order valence-corrected chi connectivity index (χ2v) is 5.78. The van der Waals surface area contributed by atoms with E-state index in [-0.39, 0.29) is 18.6 Å². The van der Waals surface area contributed by atoms with Crippen molar-refractivity contribution < 1.29 is 19.4 Å². The Morgan fingerprint density at radius 3 is 2.67 bits per heavy atom. The molecule has 1 saturated heterocycles. The van der Waals surface area contributed by atoms with Crippen molar-refractivity contribution in [2.24, 2.45) is 5.92 Å². The van der Waals surface area contributed by atoms with Crippen LogP contribution in [-0.4, -0.2) is 54.9 Å². The third-order valence-electron chi connectivity index (χ3n) is 4.07. The molecule has 1 fully saturated rings. The van der Waals surface area contributed by atoms with Crippen LogP contribution < -0.4 is 5.32 Å². The number of amides is 2. The molecule has 0 aromatic carbocycles. The van der Waals surface area contributed by atoms with Crippen LogP contribution in [0, 0.1) is 5.92 Å². The Balaban J connectivity index is 2.09. The summed E-state index contributed by atoms with van der Waals surface area (Å²) in [6.45, 7) is 4.24. The molecule has 0 radical (unpaired) electrons. The minimum atomic E-state index is -0.740. The van der Waals surface area contributed by atoms with Gasteiger partial charge in [0.2, 0.25) is 0 Å². The van der Waals surface area contributed by atoms with Crippen molar-refractivity contribution in [1.29, 1.82) is 0 Å². The number of carbonyl (C=O) groups is 2. The van der Waals surface area contributed by atoms with Gasteiger partial charge in [-0.3, -0.25) is 4.79 Å². The first-order valence-corrected chi connectivity index (χ1v) is 7.82. The SMILES string of the molecule is COC1CN(C(=O)NCCCCCCC(=O)O)CCC1C. The van der Waals surface area contributed by atoms with Crippen LogP contribution in [0.15, 0.2) is 0 Å². The molecule has 0 aromatic heterocycles. The van der Waals surface area contributed by atoms with E-state index in [9.17, 15) is 9.59 Å². The van der Waals surface area contributed by atoms with Crippen LogP contribution in [0.2, 0.25) is 0 Å². The summed E-state index contributed by atoms with van der Waals surface area (Å²) in [6, 6.07) is -0.0190. The monoisotopic (exact) mass is 300 g/mol. The smallest absolute Gasteiger partial charge is 0.317 e. The number of unbranched alkanes of at least 4 members (excludes halogenated alkanes) is 3. The maximum atomic E-state index is 12.0. The number of aliphatic carboxylic acids is 1. The number of methoxy groups -OCH3 is 1. The molecule has 0 aliphatic carbocycles. The molecule has 0 aromatic rings. The highest BCUT2D eigenvalue weighted by atomic mass is 16.5. The first kappa shape index (κ1) is 17.8. The molecule has 2 unspecified atom stereocenters. The molecule has 1 aliphatic rings. The van der Waals surface area contributed by atoms with E-state index in [4.69, 9.17) is 9.84 Å². The van der Waals surface area contributed by atoms with Crippen molar-refractivity contribution >= 4 is 12.0 Å². The van der Waals surface area contributed by atoms with Gasteiger partial charge in [-0.1, -0.05) is 19.8 Å². The molecule has 2 amide bonds. The van der Waals surface area contributed by atoms with Crippen molar-refractivity contribution in [3.8, 4) is 0 Å². The van der Waals surface area contributed by atoms with E-state index in [0.29, 0.717) is 25.4 Å². The number of rotatable bonds is 8. The highest BCUT2D eigenvalue weighted by Gasteiger charge is 2.28. The molecule has 0 spiro atoms. The summed E-state index contributed by atoms with van der Waals surface area (Å²) in [5.41, 5.74) is 0. The number of nitrogens with zero attached hydrogens (tertiary/aromatic N) is 1. The lowest BCUT2D eigenvalue weighted by Gasteiger charge is -2.36. The van der Waals surface area contributed by atoms with Gasteiger partial charge < -0.3 is 20.1 Å². The molecule has 21 heavy (non-hydrogen) atoms. The zero-order valence-electron chi connectivity index (χ0n) is 13.1. The number of piperidine rings is 1. The molecule has 0 saturated carbocycles. The van der Waals surface area contributed by atoms with Gasteiger partial charge in [0.05, 0.1) is 6.10 Å². The van der Waals surface area contributed by atoms with E-state index in [1.807, 2.05) is 4.90 Å². The van der Waals surface area contributed by atoms with Gasteiger partial charge in [0.1, 0.15) is 0 Å². The zero-order valence-corrected chi connectivity index (χ0v) is 13.1. The molecule has 1 aliphatic heterocycles. The number of hydrogen-bond donors (Lipinski definition) is 2. The topological polar surface area (TPSA) is 78.9 Å². The summed E-state index contributed by atoms with van der Waals surface area (Å²) in [5, 5.41) is 11.4. The Morgan fingerprint density at radius 1 is 1.29 bits per heavy atom. The largest absolute Gasteiger partial charge is 0.481 e. The van der Waals surface area contributed by atoms with Crippen molar-refractivity contribution in [1.82, 2.24) is 10.2 Å². The minimum Gasteiger partial charge on any atom is -0.481 e. The second kappa shape index (κ2) is 9.60. The molecule has 0 bridgehead atoms. The molecule has 2 N–H and O–H groups in total. The van der Waals surface area contributed by atoms with Crippen molar-refractivity contribution in [3.05, 3.63) is 0 Å². The maximum Gasteiger partial charge on any atom is 0.317 e. The van der Waals surface area contributed by atoms with Gasteiger partial charge >= 0.3 is 12.0 Å². The number of hydrogen-bond acceptors (Lipinski definition) is 3. The average Bonchev–Trinajstić information content (AvgIpc) is 2.46. The highest BCUT2D eigenvalue weighted by molar-refractivity contribution is 5.74. The predicted molar refractivity (Wildman–Crippen MR) is 80.3 cm³/mol. The molecule has 6 heteroatoms. The Hall–Kier alpha value is -1.30. The summed E-state index contributed by atoms with van der Waals surface area (Å²) in [4.78, 5) is 24.2. The fourth-order valence-corrected chi connectivity index (χ4v) is 2.59. The normalized spacial score (nSPS) is 22.1. The van der Waals surface area contributed by atoms with Crippen LogP contribution >= 0.6 is 0 Å². The molecule has 1 heterocycles. The van der Waals surface area contributed by atoms with Gasteiger partial charge in [-0.25, -0.2) is 4.79 Å². The van der Waals surface area contributed by atoms with Gasteiger partial charge in [-0.15, -0.1) is 0 Å². The number of carboxylic acids is 1. The summed E-state index contributed by atoms with van der Waals surface area (Å²) in [7, 11) is 1.69. The van der Waals surface area contributed by atoms with Crippen LogP contribution in [0.1, 0.15) is 45.4 Å². The molecule has 6 nitrogen and oxygen atoms in total. The predicted octanol–water partition coefficient (Wildman–Crippen LogP) is 2.09. The number of ether oxygens (including phenoxy) is 1. The molecular formula is C15H28N2O4. The summed E-state index contributed by atoms with van der Waals surface area (Å²) < 4.78 is 5.40. The number of likely N-dealkylation sites (tertiary alicyclic amines) is 1. The standard InChI is InChI=1S/C15H28N2O4/c1-12-8-10-17(11-13(12)21-2)15(20)16-9-6-4-3-5-7-14(18)19/h12-13H,3-11H2,1-2H3,(H,16,20)(H,18,19). The van der Waals surface area contributed by atoms with E-state index >= 15 is 0 Å². The Morgan fingerprint density at radius 2 is 2.00 bits per heavy atom. The van der Waals surface area contributed by atoms with Crippen LogP contribution in [0.4, 0.5) is 4.79 Å².